The molecule has 1 aliphatic rings. The zero-order valence-corrected chi connectivity index (χ0v) is 16.1. The number of allylic oxidation sites excluding steroid dienone is 2. The van der Waals surface area contributed by atoms with Crippen LogP contribution in [-0.2, 0) is 11.3 Å². The second-order valence-corrected chi connectivity index (χ2v) is 7.29. The van der Waals surface area contributed by atoms with Gasteiger partial charge in [0.15, 0.2) is 5.25 Å². The number of ether oxygens (including phenoxy) is 1. The fourth-order valence-electron chi connectivity index (χ4n) is 2.93. The normalized spacial score (nSPS) is 16.8. The quantitative estimate of drug-likeness (QED) is 0.483. The lowest BCUT2D eigenvalue weighted by Gasteiger charge is -2.30. The Balaban J connectivity index is 2.38. The standard InChI is InChI=1S/C20H27N3OS/c1-4-6-14-23(15-16-10-8-7-9-11-16)18-13-12-17(22-21)20(25-5-2)19(18)24-3/h7-13,20H,4-6,14-15H2,1-3H3. The van der Waals surface area contributed by atoms with Gasteiger partial charge < -0.3 is 15.2 Å². The van der Waals surface area contributed by atoms with Gasteiger partial charge in [-0.25, -0.2) is 0 Å². The van der Waals surface area contributed by atoms with E-state index in [0.717, 1.165) is 43.1 Å². The van der Waals surface area contributed by atoms with E-state index in [1.54, 1.807) is 18.9 Å². The number of benzene rings is 1. The van der Waals surface area contributed by atoms with E-state index in [1.165, 1.54) is 5.56 Å². The third kappa shape index (κ3) is 5.00. The fraction of sp³-hybridized carbons (Fsp3) is 0.450. The molecule has 0 fully saturated rings. The third-order valence-electron chi connectivity index (χ3n) is 4.18. The van der Waals surface area contributed by atoms with Crippen LogP contribution < -0.4 is 0 Å². The summed E-state index contributed by atoms with van der Waals surface area (Å²) in [6.45, 7) is 6.11. The third-order valence-corrected chi connectivity index (χ3v) is 5.30. The van der Waals surface area contributed by atoms with Gasteiger partial charge in [-0.3, -0.25) is 0 Å². The summed E-state index contributed by atoms with van der Waals surface area (Å²) in [7, 11) is 1.70. The number of thioether (sulfide) groups is 1. The molecule has 0 spiro atoms. The molecule has 0 aliphatic heterocycles. The van der Waals surface area contributed by atoms with Crippen LogP contribution in [0.1, 0.15) is 32.3 Å². The van der Waals surface area contributed by atoms with Crippen LogP contribution in [-0.4, -0.2) is 40.1 Å². The van der Waals surface area contributed by atoms with Crippen LogP contribution >= 0.6 is 11.8 Å². The molecule has 1 aliphatic carbocycles. The Bertz CT molecular complexity index is 663. The summed E-state index contributed by atoms with van der Waals surface area (Å²) in [6.07, 6.45) is 6.17. The summed E-state index contributed by atoms with van der Waals surface area (Å²) in [5.74, 6) is 1.79. The molecule has 5 heteroatoms. The largest absolute Gasteiger partial charge is 0.497 e. The molecule has 0 saturated heterocycles. The molecular formula is C20H27N3OS. The van der Waals surface area contributed by atoms with Crippen molar-refractivity contribution in [3.05, 3.63) is 65.0 Å². The molecule has 1 unspecified atom stereocenters. The van der Waals surface area contributed by atoms with Gasteiger partial charge in [0.25, 0.3) is 0 Å². The lowest BCUT2D eigenvalue weighted by molar-refractivity contribution is -0.00628. The molecule has 0 N–H and O–H groups in total. The molecule has 0 heterocycles. The molecule has 0 aromatic heterocycles. The van der Waals surface area contributed by atoms with E-state index in [2.05, 4.69) is 47.8 Å². The smallest absolute Gasteiger partial charge is 0.312 e. The lowest BCUT2D eigenvalue weighted by Crippen LogP contribution is -2.32. The van der Waals surface area contributed by atoms with Crippen molar-refractivity contribution in [1.82, 2.24) is 4.90 Å². The first kappa shape index (κ1) is 19.4. The average molecular weight is 358 g/mol. The van der Waals surface area contributed by atoms with E-state index in [4.69, 9.17) is 4.74 Å². The zero-order valence-electron chi connectivity index (χ0n) is 15.3. The summed E-state index contributed by atoms with van der Waals surface area (Å²) >= 11 is 1.72. The molecule has 0 radical (unpaired) electrons. The van der Waals surface area contributed by atoms with Crippen molar-refractivity contribution in [1.29, 1.82) is 0 Å². The Kier molecular flexibility index (Phi) is 7.83. The minimum absolute atomic E-state index is 0.0695. The summed E-state index contributed by atoms with van der Waals surface area (Å²) in [5, 5.41) is -0.0695. The first-order valence-electron chi connectivity index (χ1n) is 8.83. The highest BCUT2D eigenvalue weighted by Crippen LogP contribution is 2.30. The fourth-order valence-corrected chi connectivity index (χ4v) is 3.92. The van der Waals surface area contributed by atoms with Crippen molar-refractivity contribution in [2.24, 2.45) is 0 Å². The molecule has 4 nitrogen and oxygen atoms in total. The Hall–Kier alpha value is -1.97. The van der Waals surface area contributed by atoms with E-state index in [1.807, 2.05) is 18.2 Å². The van der Waals surface area contributed by atoms with Gasteiger partial charge in [0.05, 0.1) is 12.8 Å². The molecule has 0 bridgehead atoms. The molecule has 25 heavy (non-hydrogen) atoms. The lowest BCUT2D eigenvalue weighted by atomic mass is 10.1. The second-order valence-electron chi connectivity index (χ2n) is 5.91. The van der Waals surface area contributed by atoms with Crippen LogP contribution in [0.3, 0.4) is 0 Å². The Morgan fingerprint density at radius 1 is 1.20 bits per heavy atom. The van der Waals surface area contributed by atoms with Gasteiger partial charge >= 0.3 is 5.71 Å². The monoisotopic (exact) mass is 357 g/mol. The maximum atomic E-state index is 9.33. The minimum Gasteiger partial charge on any atom is -0.497 e. The van der Waals surface area contributed by atoms with Gasteiger partial charge in [-0.05, 0) is 23.8 Å². The summed E-state index contributed by atoms with van der Waals surface area (Å²) < 4.78 is 5.77. The number of nitrogens with zero attached hydrogens (tertiary/aromatic N) is 3. The topological polar surface area (TPSA) is 48.9 Å². The molecule has 0 amide bonds. The van der Waals surface area contributed by atoms with Crippen LogP contribution in [0.25, 0.3) is 5.53 Å². The maximum absolute atomic E-state index is 9.33. The summed E-state index contributed by atoms with van der Waals surface area (Å²) in [4.78, 5) is 5.83. The van der Waals surface area contributed by atoms with Gasteiger partial charge in [0.2, 0.25) is 0 Å². The predicted octanol–water partition coefficient (Wildman–Crippen LogP) is 4.51. The molecule has 134 valence electrons. The highest BCUT2D eigenvalue weighted by Gasteiger charge is 2.33. The van der Waals surface area contributed by atoms with Gasteiger partial charge in [0.1, 0.15) is 5.76 Å². The summed E-state index contributed by atoms with van der Waals surface area (Å²) in [6, 6.07) is 10.5. The molecule has 2 rings (SSSR count). The molecular weight excluding hydrogens is 330 g/mol. The maximum Gasteiger partial charge on any atom is 0.312 e. The number of hydrogen-bond donors (Lipinski definition) is 0. The highest BCUT2D eigenvalue weighted by atomic mass is 32.2. The molecule has 1 atom stereocenters. The van der Waals surface area contributed by atoms with Crippen molar-refractivity contribution in [3.8, 4) is 0 Å². The van der Waals surface area contributed by atoms with Crippen LogP contribution in [0.4, 0.5) is 0 Å². The highest BCUT2D eigenvalue weighted by molar-refractivity contribution is 8.00. The minimum atomic E-state index is -0.0695. The zero-order chi connectivity index (χ0) is 18.1. The van der Waals surface area contributed by atoms with Gasteiger partial charge in [-0.1, -0.05) is 50.6 Å². The predicted molar refractivity (Wildman–Crippen MR) is 105 cm³/mol. The number of rotatable bonds is 9. The molecule has 1 aromatic carbocycles. The SMILES string of the molecule is CCCCN(Cc1ccccc1)C1=C(OC)C(SCC)C(=[N+]=[N-])C=C1. The Morgan fingerprint density at radius 2 is 1.96 bits per heavy atom. The van der Waals surface area contributed by atoms with E-state index in [0.29, 0.717) is 5.71 Å². The van der Waals surface area contributed by atoms with E-state index >= 15 is 0 Å². The van der Waals surface area contributed by atoms with Crippen molar-refractivity contribution >= 4 is 17.5 Å². The van der Waals surface area contributed by atoms with Crippen LogP contribution in [0.2, 0.25) is 0 Å². The van der Waals surface area contributed by atoms with Crippen LogP contribution in [0.5, 0.6) is 0 Å². The van der Waals surface area contributed by atoms with E-state index < -0.39 is 0 Å². The van der Waals surface area contributed by atoms with Gasteiger partial charge in [-0.15, -0.1) is 11.8 Å². The first-order valence-corrected chi connectivity index (χ1v) is 9.88. The van der Waals surface area contributed by atoms with Crippen LogP contribution in [0.15, 0.2) is 53.9 Å². The van der Waals surface area contributed by atoms with Crippen molar-refractivity contribution in [2.75, 3.05) is 19.4 Å². The Labute approximate surface area is 155 Å². The van der Waals surface area contributed by atoms with Gasteiger partial charge in [0, 0.05) is 19.2 Å². The van der Waals surface area contributed by atoms with Crippen molar-refractivity contribution < 1.29 is 9.53 Å². The number of methoxy groups -OCH3 is 1. The Morgan fingerprint density at radius 3 is 2.56 bits per heavy atom. The molecule has 0 saturated carbocycles. The van der Waals surface area contributed by atoms with E-state index in [9.17, 15) is 5.53 Å². The number of hydrogen-bond acceptors (Lipinski definition) is 3. The van der Waals surface area contributed by atoms with E-state index in [-0.39, 0.29) is 5.25 Å². The molecule has 1 aromatic rings. The average Bonchev–Trinajstić information content (AvgIpc) is 2.65. The second kappa shape index (κ2) is 10.1. The van der Waals surface area contributed by atoms with Crippen LogP contribution in [0, 0.1) is 0 Å². The van der Waals surface area contributed by atoms with Crippen molar-refractivity contribution in [2.45, 2.75) is 38.5 Å². The van der Waals surface area contributed by atoms with Gasteiger partial charge in [-0.2, -0.15) is 4.79 Å². The van der Waals surface area contributed by atoms with Crippen molar-refractivity contribution in [3.63, 3.8) is 0 Å². The first-order chi connectivity index (χ1) is 12.2. The summed E-state index contributed by atoms with van der Waals surface area (Å²) in [5.41, 5.74) is 12.3. The number of unbranched alkanes of at least 4 members (excludes halogenated alkanes) is 1.